The Balaban J connectivity index is 1.68. The average molecular weight is 244 g/mol. The van der Waals surface area contributed by atoms with Crippen molar-refractivity contribution in [2.24, 2.45) is 29.5 Å². The van der Waals surface area contributed by atoms with Crippen molar-refractivity contribution in [1.29, 1.82) is 0 Å². The van der Waals surface area contributed by atoms with Crippen molar-refractivity contribution in [1.82, 2.24) is 9.97 Å². The minimum Gasteiger partial charge on any atom is -0.308 e. The highest BCUT2D eigenvalue weighted by molar-refractivity contribution is 5.35. The molecule has 0 atom stereocenters. The first-order valence-corrected chi connectivity index (χ1v) is 7.12. The first kappa shape index (κ1) is 10.7. The second-order valence-electron chi connectivity index (χ2n) is 6.43. The number of aromatic nitrogens is 2. The third-order valence-electron chi connectivity index (χ3n) is 5.40. The van der Waals surface area contributed by atoms with E-state index >= 15 is 0 Å². The van der Waals surface area contributed by atoms with Crippen LogP contribution in [-0.4, -0.2) is 9.97 Å². The summed E-state index contributed by atoms with van der Waals surface area (Å²) in [5.41, 5.74) is 3.85. The van der Waals surface area contributed by atoms with E-state index < -0.39 is 0 Å². The van der Waals surface area contributed by atoms with E-state index in [4.69, 9.17) is 5.84 Å². The first-order chi connectivity index (χ1) is 8.83. The number of rotatable bonds is 2. The van der Waals surface area contributed by atoms with Gasteiger partial charge in [-0.3, -0.25) is 0 Å². The molecule has 0 aromatic carbocycles. The summed E-state index contributed by atoms with van der Waals surface area (Å²) in [7, 11) is 0. The Hall–Kier alpha value is -1.16. The van der Waals surface area contributed by atoms with Crippen molar-refractivity contribution < 1.29 is 0 Å². The Morgan fingerprint density at radius 2 is 1.67 bits per heavy atom. The molecule has 0 unspecified atom stereocenters. The third-order valence-corrected chi connectivity index (χ3v) is 5.40. The second-order valence-corrected chi connectivity index (χ2v) is 6.43. The van der Waals surface area contributed by atoms with Gasteiger partial charge < -0.3 is 5.43 Å². The van der Waals surface area contributed by atoms with E-state index in [9.17, 15) is 0 Å². The lowest BCUT2D eigenvalue weighted by Crippen LogP contribution is -2.44. The van der Waals surface area contributed by atoms with Crippen LogP contribution < -0.4 is 11.3 Å². The highest BCUT2D eigenvalue weighted by Gasteiger charge is 2.49. The quantitative estimate of drug-likeness (QED) is 0.619. The van der Waals surface area contributed by atoms with Crippen LogP contribution >= 0.6 is 0 Å². The van der Waals surface area contributed by atoms with Crippen molar-refractivity contribution in [3.8, 4) is 0 Å². The van der Waals surface area contributed by atoms with E-state index in [0.29, 0.717) is 5.92 Å². The van der Waals surface area contributed by atoms with Crippen LogP contribution in [-0.2, 0) is 0 Å². The fourth-order valence-electron chi connectivity index (χ4n) is 5.04. The van der Waals surface area contributed by atoms with Gasteiger partial charge in [0.25, 0.3) is 0 Å². The molecule has 5 rings (SSSR count). The van der Waals surface area contributed by atoms with E-state index in [1.54, 1.807) is 6.33 Å². The summed E-state index contributed by atoms with van der Waals surface area (Å²) in [5, 5.41) is 0. The topological polar surface area (TPSA) is 63.8 Å². The minimum atomic E-state index is 0.660. The Kier molecular flexibility index (Phi) is 2.34. The molecule has 4 saturated carbocycles. The molecule has 0 aliphatic heterocycles. The van der Waals surface area contributed by atoms with E-state index in [0.717, 1.165) is 29.5 Å². The fraction of sp³-hybridized carbons (Fsp3) is 0.714. The third kappa shape index (κ3) is 1.55. The number of anilines is 1. The van der Waals surface area contributed by atoms with Gasteiger partial charge in [-0.15, -0.1) is 0 Å². The van der Waals surface area contributed by atoms with E-state index in [2.05, 4.69) is 15.4 Å². The SMILES string of the molecule is NNc1cc(C2C3CC4CC(C3)CC2C4)ncn1. The molecule has 4 aliphatic carbocycles. The Labute approximate surface area is 107 Å². The first-order valence-electron chi connectivity index (χ1n) is 7.12. The van der Waals surface area contributed by atoms with Crippen LogP contribution in [0.15, 0.2) is 12.4 Å². The molecular weight excluding hydrogens is 224 g/mol. The molecule has 4 fully saturated rings. The van der Waals surface area contributed by atoms with Gasteiger partial charge in [-0.2, -0.15) is 0 Å². The van der Waals surface area contributed by atoms with Gasteiger partial charge >= 0.3 is 0 Å². The number of nitrogens with two attached hydrogens (primary N) is 1. The molecule has 4 nitrogen and oxygen atoms in total. The van der Waals surface area contributed by atoms with E-state index in [-0.39, 0.29) is 0 Å². The molecule has 0 spiro atoms. The molecule has 4 aliphatic rings. The Morgan fingerprint density at radius 3 is 2.28 bits per heavy atom. The average Bonchev–Trinajstić information content (AvgIpc) is 2.38. The number of nitrogen functional groups attached to an aromatic ring is 1. The van der Waals surface area contributed by atoms with Gasteiger partial charge in [-0.1, -0.05) is 0 Å². The summed E-state index contributed by atoms with van der Waals surface area (Å²) in [6, 6.07) is 2.05. The van der Waals surface area contributed by atoms with Gasteiger partial charge in [-0.05, 0) is 55.8 Å². The smallest absolute Gasteiger partial charge is 0.143 e. The number of nitrogens with one attached hydrogen (secondary N) is 1. The van der Waals surface area contributed by atoms with Gasteiger partial charge in [0.15, 0.2) is 0 Å². The molecule has 4 bridgehead atoms. The summed E-state index contributed by atoms with van der Waals surface area (Å²) >= 11 is 0. The highest BCUT2D eigenvalue weighted by atomic mass is 15.3. The number of hydrogen-bond donors (Lipinski definition) is 2. The molecule has 3 N–H and O–H groups in total. The van der Waals surface area contributed by atoms with Crippen LogP contribution in [0, 0.1) is 23.7 Å². The second kappa shape index (κ2) is 3.92. The minimum absolute atomic E-state index is 0.660. The van der Waals surface area contributed by atoms with Crippen LogP contribution in [0.2, 0.25) is 0 Å². The molecule has 4 heteroatoms. The molecule has 18 heavy (non-hydrogen) atoms. The van der Waals surface area contributed by atoms with Crippen molar-refractivity contribution in [3.05, 3.63) is 18.1 Å². The number of hydrazine groups is 1. The van der Waals surface area contributed by atoms with Crippen molar-refractivity contribution in [2.75, 3.05) is 5.43 Å². The summed E-state index contributed by atoms with van der Waals surface area (Å²) in [6.07, 6.45) is 8.84. The monoisotopic (exact) mass is 244 g/mol. The van der Waals surface area contributed by atoms with Crippen molar-refractivity contribution in [2.45, 2.75) is 38.0 Å². The van der Waals surface area contributed by atoms with Gasteiger partial charge in [0.2, 0.25) is 0 Å². The van der Waals surface area contributed by atoms with Crippen molar-refractivity contribution >= 4 is 5.82 Å². The zero-order valence-corrected chi connectivity index (χ0v) is 10.5. The largest absolute Gasteiger partial charge is 0.308 e. The lowest BCUT2D eigenvalue weighted by molar-refractivity contribution is -0.00416. The predicted molar refractivity (Wildman–Crippen MR) is 69.6 cm³/mol. The van der Waals surface area contributed by atoms with Crippen LogP contribution in [0.5, 0.6) is 0 Å². The van der Waals surface area contributed by atoms with Crippen LogP contribution in [0.3, 0.4) is 0 Å². The van der Waals surface area contributed by atoms with Gasteiger partial charge in [0.05, 0.1) is 0 Å². The zero-order chi connectivity index (χ0) is 12.1. The predicted octanol–water partition coefficient (Wildman–Crippen LogP) is 2.30. The van der Waals surface area contributed by atoms with Gasteiger partial charge in [0, 0.05) is 17.7 Å². The molecule has 1 aromatic heterocycles. The zero-order valence-electron chi connectivity index (χ0n) is 10.5. The maximum absolute atomic E-state index is 5.45. The van der Waals surface area contributed by atoms with Gasteiger partial charge in [0.1, 0.15) is 12.1 Å². The Morgan fingerprint density at radius 1 is 1.00 bits per heavy atom. The summed E-state index contributed by atoms with van der Waals surface area (Å²) in [4.78, 5) is 8.65. The maximum Gasteiger partial charge on any atom is 0.143 e. The molecular formula is C14H20N4. The molecule has 1 heterocycles. The number of nitrogens with zero attached hydrogens (tertiary/aromatic N) is 2. The maximum atomic E-state index is 5.45. The molecule has 0 amide bonds. The fourth-order valence-corrected chi connectivity index (χ4v) is 5.04. The molecule has 0 saturated heterocycles. The van der Waals surface area contributed by atoms with Crippen LogP contribution in [0.4, 0.5) is 5.82 Å². The molecule has 96 valence electrons. The van der Waals surface area contributed by atoms with E-state index in [1.165, 1.54) is 37.8 Å². The lowest BCUT2D eigenvalue weighted by atomic mass is 9.51. The Bertz CT molecular complexity index is 431. The summed E-state index contributed by atoms with van der Waals surface area (Å²) in [6.45, 7) is 0. The van der Waals surface area contributed by atoms with Crippen molar-refractivity contribution in [3.63, 3.8) is 0 Å². The van der Waals surface area contributed by atoms with Gasteiger partial charge in [-0.25, -0.2) is 15.8 Å². The van der Waals surface area contributed by atoms with Crippen LogP contribution in [0.1, 0.15) is 43.7 Å². The normalized spacial score (nSPS) is 41.1. The standard InChI is InChI=1S/C14H20N4/c15-18-13-6-12(16-7-17-13)14-10-2-8-1-9(4-10)5-11(14)3-8/h6-11,14H,1-5,15H2,(H,16,17,18). The summed E-state index contributed by atoms with van der Waals surface area (Å²) in [5.74, 6) is 10.6. The molecule has 1 aromatic rings. The highest BCUT2D eigenvalue weighted by Crippen LogP contribution is 2.59. The lowest BCUT2D eigenvalue weighted by Gasteiger charge is -2.54. The van der Waals surface area contributed by atoms with Crippen LogP contribution in [0.25, 0.3) is 0 Å². The molecule has 0 radical (unpaired) electrons. The summed E-state index contributed by atoms with van der Waals surface area (Å²) < 4.78 is 0. The van der Waals surface area contributed by atoms with E-state index in [1.807, 2.05) is 6.07 Å². The number of hydrogen-bond acceptors (Lipinski definition) is 4.